The number of fused-ring (bicyclic) bond motifs is 1. The van der Waals surface area contributed by atoms with E-state index < -0.39 is 42.0 Å². The van der Waals surface area contributed by atoms with Gasteiger partial charge in [-0.3, -0.25) is 4.79 Å². The minimum atomic E-state index is -4.20. The van der Waals surface area contributed by atoms with Crippen LogP contribution in [0.1, 0.15) is 44.7 Å². The molecule has 1 aliphatic carbocycles. The van der Waals surface area contributed by atoms with Crippen molar-refractivity contribution in [2.75, 3.05) is 12.3 Å². The molecule has 4 N–H and O–H groups in total. The molecule has 3 heterocycles. The van der Waals surface area contributed by atoms with E-state index in [0.29, 0.717) is 24.1 Å². The number of halogens is 3. The molecule has 1 saturated carbocycles. The number of nitrogen functional groups attached to an aromatic ring is 1. The molecule has 0 radical (unpaired) electrons. The van der Waals surface area contributed by atoms with Crippen molar-refractivity contribution in [3.8, 4) is 0 Å². The van der Waals surface area contributed by atoms with E-state index in [2.05, 4.69) is 10.1 Å². The average Bonchev–Trinajstić information content (AvgIpc) is 3.29. The molecule has 9 nitrogen and oxygen atoms in total. The number of hydrogen-bond acceptors (Lipinski definition) is 8. The number of carbonyl (C=O) groups is 1. The second-order valence-corrected chi connectivity index (χ2v) is 9.01. The van der Waals surface area contributed by atoms with Crippen LogP contribution in [0.5, 0.6) is 0 Å². The van der Waals surface area contributed by atoms with Crippen LogP contribution in [0.2, 0.25) is 0 Å². The molecule has 2 fully saturated rings. The largest absolute Gasteiger partial charge is 0.463 e. The predicted molar refractivity (Wildman–Crippen MR) is 109 cm³/mol. The van der Waals surface area contributed by atoms with Crippen LogP contribution in [-0.2, 0) is 19.9 Å². The third-order valence-electron chi connectivity index (χ3n) is 6.83. The number of nitrogens with two attached hydrogens (primary N) is 1. The zero-order chi connectivity index (χ0) is 24.0. The number of anilines is 1. The van der Waals surface area contributed by atoms with Gasteiger partial charge in [0.2, 0.25) is 0 Å². The molecule has 0 spiro atoms. The Morgan fingerprint density at radius 3 is 2.67 bits per heavy atom. The van der Waals surface area contributed by atoms with Crippen molar-refractivity contribution < 1.29 is 37.7 Å². The summed E-state index contributed by atoms with van der Waals surface area (Å²) in [6.45, 7) is 1.28. The highest BCUT2D eigenvalue weighted by molar-refractivity contribution is 5.69. The molecule has 2 aromatic heterocycles. The van der Waals surface area contributed by atoms with Crippen LogP contribution in [0, 0.1) is 11.8 Å². The number of nitrogens with zero attached hydrogens (tertiary/aromatic N) is 3. The molecule has 0 aromatic carbocycles. The van der Waals surface area contributed by atoms with Crippen molar-refractivity contribution in [2.45, 2.75) is 69.1 Å². The quantitative estimate of drug-likeness (QED) is 0.563. The van der Waals surface area contributed by atoms with Crippen molar-refractivity contribution in [3.05, 3.63) is 24.2 Å². The smallest absolute Gasteiger partial charge is 0.391 e. The van der Waals surface area contributed by atoms with Gasteiger partial charge in [0, 0.05) is 6.42 Å². The summed E-state index contributed by atoms with van der Waals surface area (Å²) >= 11 is 0. The van der Waals surface area contributed by atoms with E-state index in [-0.39, 0.29) is 37.6 Å². The SMILES string of the molecule is C[C@@]1(c2ccc3c(N)ncnn23)O[C@H](COC(=O)CC2CCC(C(F)(F)F)CC2)[C@@H](O)[C@H]1O. The number of carbonyl (C=O) groups excluding carboxylic acids is 1. The lowest BCUT2D eigenvalue weighted by atomic mass is 9.80. The van der Waals surface area contributed by atoms with Gasteiger partial charge in [-0.15, -0.1) is 0 Å². The van der Waals surface area contributed by atoms with Crippen molar-refractivity contribution in [3.63, 3.8) is 0 Å². The molecule has 182 valence electrons. The van der Waals surface area contributed by atoms with Crippen molar-refractivity contribution in [1.82, 2.24) is 14.6 Å². The first-order valence-electron chi connectivity index (χ1n) is 10.9. The standard InChI is InChI=1S/C21H27F3N4O5/c1-20(15-7-6-13-19(25)26-10-27-28(13)15)18(31)17(30)14(33-20)9-32-16(29)8-11-2-4-12(5-3-11)21(22,23)24/h6-7,10-12,14,17-18,30-31H,2-5,8-9H2,1H3,(H2,25,26,27)/t11?,12?,14-,17-,18-,20+/m1/s1. The van der Waals surface area contributed by atoms with Gasteiger partial charge < -0.3 is 25.4 Å². The summed E-state index contributed by atoms with van der Waals surface area (Å²) in [5.41, 5.74) is 5.43. The Bertz CT molecular complexity index is 1010. The number of rotatable bonds is 5. The first kappa shape index (κ1) is 23.7. The molecule has 4 atom stereocenters. The molecule has 4 rings (SSSR count). The molecule has 2 aliphatic rings. The Kier molecular flexibility index (Phi) is 6.27. The summed E-state index contributed by atoms with van der Waals surface area (Å²) in [6, 6.07) is 3.32. The van der Waals surface area contributed by atoms with E-state index in [1.165, 1.54) is 10.8 Å². The molecule has 0 amide bonds. The maximum Gasteiger partial charge on any atom is 0.391 e. The van der Waals surface area contributed by atoms with Gasteiger partial charge in [-0.2, -0.15) is 18.3 Å². The molecule has 33 heavy (non-hydrogen) atoms. The van der Waals surface area contributed by atoms with Crippen LogP contribution >= 0.6 is 0 Å². The Balaban J connectivity index is 1.35. The minimum absolute atomic E-state index is 0.00670. The number of aromatic nitrogens is 3. The van der Waals surface area contributed by atoms with Gasteiger partial charge in [0.25, 0.3) is 0 Å². The summed E-state index contributed by atoms with van der Waals surface area (Å²) in [6.07, 6.45) is -5.97. The average molecular weight is 472 g/mol. The van der Waals surface area contributed by atoms with Crippen molar-refractivity contribution in [2.24, 2.45) is 11.8 Å². The fourth-order valence-corrected chi connectivity index (χ4v) is 4.82. The fourth-order valence-electron chi connectivity index (χ4n) is 4.82. The lowest BCUT2D eigenvalue weighted by molar-refractivity contribution is -0.184. The number of esters is 1. The van der Waals surface area contributed by atoms with E-state index in [4.69, 9.17) is 15.2 Å². The van der Waals surface area contributed by atoms with Gasteiger partial charge in [-0.05, 0) is 50.7 Å². The first-order valence-corrected chi connectivity index (χ1v) is 10.9. The highest BCUT2D eigenvalue weighted by Crippen LogP contribution is 2.42. The summed E-state index contributed by atoms with van der Waals surface area (Å²) in [4.78, 5) is 16.2. The third kappa shape index (κ3) is 4.51. The van der Waals surface area contributed by atoms with Gasteiger partial charge in [0.05, 0.1) is 11.6 Å². The van der Waals surface area contributed by atoms with Gasteiger partial charge in [-0.1, -0.05) is 0 Å². The van der Waals surface area contributed by atoms with Crippen LogP contribution in [0.15, 0.2) is 18.5 Å². The Hall–Kier alpha value is -2.44. The fraction of sp³-hybridized carbons (Fsp3) is 0.667. The Morgan fingerprint density at radius 2 is 2.00 bits per heavy atom. The van der Waals surface area contributed by atoms with E-state index >= 15 is 0 Å². The predicted octanol–water partition coefficient (Wildman–Crippen LogP) is 1.95. The number of alkyl halides is 3. The number of hydrogen-bond donors (Lipinski definition) is 3. The zero-order valence-electron chi connectivity index (χ0n) is 18.0. The molecule has 0 bridgehead atoms. The van der Waals surface area contributed by atoms with E-state index in [1.807, 2.05) is 0 Å². The maximum atomic E-state index is 12.8. The highest BCUT2D eigenvalue weighted by Gasteiger charge is 2.54. The van der Waals surface area contributed by atoms with Crippen LogP contribution in [0.25, 0.3) is 5.52 Å². The number of aliphatic hydroxyl groups excluding tert-OH is 2. The molecule has 12 heteroatoms. The zero-order valence-corrected chi connectivity index (χ0v) is 18.0. The van der Waals surface area contributed by atoms with Gasteiger partial charge in [0.15, 0.2) is 5.82 Å². The molecular weight excluding hydrogens is 445 g/mol. The van der Waals surface area contributed by atoms with Gasteiger partial charge in [0.1, 0.15) is 42.4 Å². The van der Waals surface area contributed by atoms with Crippen LogP contribution in [0.3, 0.4) is 0 Å². The summed E-state index contributed by atoms with van der Waals surface area (Å²) in [7, 11) is 0. The first-order chi connectivity index (χ1) is 15.5. The van der Waals surface area contributed by atoms with Crippen LogP contribution in [-0.4, -0.2) is 61.9 Å². The second-order valence-electron chi connectivity index (χ2n) is 9.01. The van der Waals surface area contributed by atoms with Crippen LogP contribution < -0.4 is 5.73 Å². The van der Waals surface area contributed by atoms with E-state index in [9.17, 15) is 28.2 Å². The molecule has 2 aromatic rings. The lowest BCUT2D eigenvalue weighted by Gasteiger charge is -2.29. The monoisotopic (exact) mass is 472 g/mol. The summed E-state index contributed by atoms with van der Waals surface area (Å²) in [5.74, 6) is -1.81. The summed E-state index contributed by atoms with van der Waals surface area (Å²) in [5, 5.41) is 25.4. The Morgan fingerprint density at radius 1 is 1.30 bits per heavy atom. The third-order valence-corrected chi connectivity index (χ3v) is 6.83. The van der Waals surface area contributed by atoms with E-state index in [1.54, 1.807) is 19.1 Å². The molecule has 1 saturated heterocycles. The van der Waals surface area contributed by atoms with Gasteiger partial charge >= 0.3 is 12.1 Å². The molecular formula is C21H27F3N4O5. The number of aliphatic hydroxyl groups is 2. The topological polar surface area (TPSA) is 132 Å². The maximum absolute atomic E-state index is 12.8. The highest BCUT2D eigenvalue weighted by atomic mass is 19.4. The van der Waals surface area contributed by atoms with E-state index in [0.717, 1.165) is 0 Å². The van der Waals surface area contributed by atoms with Crippen LogP contribution in [0.4, 0.5) is 19.0 Å². The molecule has 0 unspecified atom stereocenters. The normalized spacial score (nSPS) is 32.8. The molecule has 1 aliphatic heterocycles. The number of ether oxygens (including phenoxy) is 2. The van der Waals surface area contributed by atoms with Crippen molar-refractivity contribution in [1.29, 1.82) is 0 Å². The lowest BCUT2D eigenvalue weighted by Crippen LogP contribution is -2.39. The van der Waals surface area contributed by atoms with Gasteiger partial charge in [-0.25, -0.2) is 9.50 Å². The second kappa shape index (κ2) is 8.73. The summed E-state index contributed by atoms with van der Waals surface area (Å²) < 4.78 is 51.0. The van der Waals surface area contributed by atoms with Crippen molar-refractivity contribution >= 4 is 17.3 Å². The Labute approximate surface area is 187 Å². The minimum Gasteiger partial charge on any atom is -0.463 e.